The van der Waals surface area contributed by atoms with Crippen molar-refractivity contribution in [1.29, 1.82) is 0 Å². The summed E-state index contributed by atoms with van der Waals surface area (Å²) < 4.78 is 6.76. The Morgan fingerprint density at radius 3 is 2.87 bits per heavy atom. The molecule has 0 amide bonds. The first kappa shape index (κ1) is 11.5. The van der Waals surface area contributed by atoms with E-state index < -0.39 is 0 Å². The van der Waals surface area contributed by atoms with Gasteiger partial charge in [0, 0.05) is 28.2 Å². The summed E-state index contributed by atoms with van der Waals surface area (Å²) in [5.41, 5.74) is 0. The first-order chi connectivity index (χ1) is 7.34. The van der Waals surface area contributed by atoms with Gasteiger partial charge in [0.1, 0.15) is 0 Å². The van der Waals surface area contributed by atoms with Gasteiger partial charge in [-0.05, 0) is 24.3 Å². The van der Waals surface area contributed by atoms with Crippen LogP contribution in [0.5, 0.6) is 0 Å². The summed E-state index contributed by atoms with van der Waals surface area (Å²) in [7, 11) is 0. The van der Waals surface area contributed by atoms with Crippen LogP contribution in [0.1, 0.15) is 0 Å². The van der Waals surface area contributed by atoms with Crippen molar-refractivity contribution in [2.24, 2.45) is 0 Å². The van der Waals surface area contributed by atoms with Crippen molar-refractivity contribution >= 4 is 27.7 Å². The molecule has 0 bridgehead atoms. The average molecular weight is 288 g/mol. The second-order valence-electron chi connectivity index (χ2n) is 3.46. The van der Waals surface area contributed by atoms with Crippen molar-refractivity contribution in [3.05, 3.63) is 28.7 Å². The summed E-state index contributed by atoms with van der Waals surface area (Å²) in [5.74, 6) is 1.02. The molecule has 2 nitrogen and oxygen atoms in total. The fraction of sp³-hybridized carbons (Fsp3) is 0.455. The molecule has 0 spiro atoms. The molecule has 1 aromatic carbocycles. The Bertz CT molecular complexity index is 298. The van der Waals surface area contributed by atoms with E-state index in [1.54, 1.807) is 0 Å². The quantitative estimate of drug-likeness (QED) is 0.864. The first-order valence-corrected chi connectivity index (χ1v) is 6.83. The maximum atomic E-state index is 5.63. The maximum Gasteiger partial charge on any atom is 0.0793 e. The smallest absolute Gasteiger partial charge is 0.0793 e. The third-order valence-electron chi connectivity index (χ3n) is 2.25. The highest BCUT2D eigenvalue weighted by Crippen LogP contribution is 2.22. The number of hydrogen-bond donors (Lipinski definition) is 1. The van der Waals surface area contributed by atoms with E-state index in [0.29, 0.717) is 6.10 Å². The SMILES string of the molecule is Brc1ccc(SCC2CNCCO2)cc1. The summed E-state index contributed by atoms with van der Waals surface area (Å²) in [6, 6.07) is 8.40. The molecule has 1 saturated heterocycles. The predicted molar refractivity (Wildman–Crippen MR) is 67.5 cm³/mol. The summed E-state index contributed by atoms with van der Waals surface area (Å²) in [5, 5.41) is 3.33. The van der Waals surface area contributed by atoms with Crippen LogP contribution in [-0.2, 0) is 4.74 Å². The second-order valence-corrected chi connectivity index (χ2v) is 5.47. The standard InChI is InChI=1S/C11H14BrNOS/c12-9-1-3-11(4-2-9)15-8-10-7-13-5-6-14-10/h1-4,10,13H,5-8H2. The molecule has 1 N–H and O–H groups in total. The normalized spacial score (nSPS) is 21.5. The topological polar surface area (TPSA) is 21.3 Å². The third kappa shape index (κ3) is 3.79. The summed E-state index contributed by atoms with van der Waals surface area (Å²) in [6.07, 6.45) is 0.354. The Balaban J connectivity index is 1.79. The molecule has 1 unspecified atom stereocenters. The zero-order chi connectivity index (χ0) is 10.5. The van der Waals surface area contributed by atoms with E-state index in [9.17, 15) is 0 Å². The van der Waals surface area contributed by atoms with E-state index in [2.05, 4.69) is 45.5 Å². The fourth-order valence-electron chi connectivity index (χ4n) is 1.45. The minimum atomic E-state index is 0.354. The molecule has 1 aliphatic rings. The number of rotatable bonds is 3. The van der Waals surface area contributed by atoms with Gasteiger partial charge in [-0.2, -0.15) is 0 Å². The van der Waals surface area contributed by atoms with Crippen molar-refractivity contribution in [3.8, 4) is 0 Å². The molecule has 4 heteroatoms. The van der Waals surface area contributed by atoms with Crippen LogP contribution in [0.15, 0.2) is 33.6 Å². The molecular formula is C11H14BrNOS. The van der Waals surface area contributed by atoms with Gasteiger partial charge >= 0.3 is 0 Å². The Hall–Kier alpha value is -0.0300. The van der Waals surface area contributed by atoms with Crippen LogP contribution in [0.3, 0.4) is 0 Å². The molecule has 15 heavy (non-hydrogen) atoms. The predicted octanol–water partition coefficient (Wildman–Crippen LogP) is 2.53. The van der Waals surface area contributed by atoms with Crippen LogP contribution in [0.2, 0.25) is 0 Å². The van der Waals surface area contributed by atoms with Gasteiger partial charge in [0.2, 0.25) is 0 Å². The van der Waals surface area contributed by atoms with Crippen LogP contribution in [-0.4, -0.2) is 31.6 Å². The van der Waals surface area contributed by atoms with E-state index in [1.807, 2.05) is 11.8 Å². The lowest BCUT2D eigenvalue weighted by atomic mass is 10.3. The van der Waals surface area contributed by atoms with Crippen molar-refractivity contribution in [3.63, 3.8) is 0 Å². The lowest BCUT2D eigenvalue weighted by Crippen LogP contribution is -2.39. The highest BCUT2D eigenvalue weighted by atomic mass is 79.9. The summed E-state index contributed by atoms with van der Waals surface area (Å²) in [4.78, 5) is 1.30. The number of morpholine rings is 1. The lowest BCUT2D eigenvalue weighted by Gasteiger charge is -2.23. The van der Waals surface area contributed by atoms with Crippen molar-refractivity contribution in [2.75, 3.05) is 25.4 Å². The summed E-state index contributed by atoms with van der Waals surface area (Å²) >= 11 is 5.28. The number of halogens is 1. The monoisotopic (exact) mass is 287 g/mol. The van der Waals surface area contributed by atoms with Crippen molar-refractivity contribution < 1.29 is 4.74 Å². The van der Waals surface area contributed by atoms with Crippen LogP contribution in [0.4, 0.5) is 0 Å². The third-order valence-corrected chi connectivity index (χ3v) is 3.93. The van der Waals surface area contributed by atoms with Gasteiger partial charge in [-0.15, -0.1) is 11.8 Å². The van der Waals surface area contributed by atoms with Gasteiger partial charge in [0.15, 0.2) is 0 Å². The van der Waals surface area contributed by atoms with Gasteiger partial charge in [-0.25, -0.2) is 0 Å². The molecule has 1 heterocycles. The zero-order valence-corrected chi connectivity index (χ0v) is 10.8. The number of nitrogens with one attached hydrogen (secondary N) is 1. The maximum absolute atomic E-state index is 5.63. The zero-order valence-electron chi connectivity index (χ0n) is 8.41. The molecular weight excluding hydrogens is 274 g/mol. The van der Waals surface area contributed by atoms with E-state index in [1.165, 1.54) is 4.90 Å². The van der Waals surface area contributed by atoms with Crippen molar-refractivity contribution in [2.45, 2.75) is 11.0 Å². The molecule has 2 rings (SSSR count). The number of thioether (sulfide) groups is 1. The highest BCUT2D eigenvalue weighted by molar-refractivity contribution is 9.10. The Morgan fingerprint density at radius 2 is 2.20 bits per heavy atom. The van der Waals surface area contributed by atoms with Crippen LogP contribution < -0.4 is 5.32 Å². The molecule has 82 valence electrons. The number of hydrogen-bond acceptors (Lipinski definition) is 3. The van der Waals surface area contributed by atoms with Crippen LogP contribution in [0, 0.1) is 0 Å². The largest absolute Gasteiger partial charge is 0.375 e. The lowest BCUT2D eigenvalue weighted by molar-refractivity contribution is 0.0441. The molecule has 1 aliphatic heterocycles. The number of benzene rings is 1. The van der Waals surface area contributed by atoms with Crippen molar-refractivity contribution in [1.82, 2.24) is 5.32 Å². The first-order valence-electron chi connectivity index (χ1n) is 5.05. The van der Waals surface area contributed by atoms with E-state index in [4.69, 9.17) is 4.74 Å². The van der Waals surface area contributed by atoms with Crippen LogP contribution in [0.25, 0.3) is 0 Å². The second kappa shape index (κ2) is 5.89. The molecule has 0 aliphatic carbocycles. The van der Waals surface area contributed by atoms with Crippen LogP contribution >= 0.6 is 27.7 Å². The van der Waals surface area contributed by atoms with E-state index in [0.717, 1.165) is 29.9 Å². The Morgan fingerprint density at radius 1 is 1.40 bits per heavy atom. The Kier molecular flexibility index (Phi) is 4.50. The molecule has 1 fully saturated rings. The fourth-order valence-corrected chi connectivity index (χ4v) is 2.63. The summed E-state index contributed by atoms with van der Waals surface area (Å²) in [6.45, 7) is 2.80. The average Bonchev–Trinajstić information content (AvgIpc) is 2.30. The Labute approximate surface area is 103 Å². The number of ether oxygens (including phenoxy) is 1. The van der Waals surface area contributed by atoms with Gasteiger partial charge in [-0.3, -0.25) is 0 Å². The minimum absolute atomic E-state index is 0.354. The molecule has 0 aromatic heterocycles. The molecule has 0 saturated carbocycles. The van der Waals surface area contributed by atoms with Gasteiger partial charge in [-0.1, -0.05) is 15.9 Å². The minimum Gasteiger partial charge on any atom is -0.375 e. The molecule has 1 aromatic rings. The van der Waals surface area contributed by atoms with Gasteiger partial charge in [0.25, 0.3) is 0 Å². The van der Waals surface area contributed by atoms with E-state index >= 15 is 0 Å². The van der Waals surface area contributed by atoms with Gasteiger partial charge < -0.3 is 10.1 Å². The molecule has 1 atom stereocenters. The highest BCUT2D eigenvalue weighted by Gasteiger charge is 2.13. The molecule has 0 radical (unpaired) electrons. The van der Waals surface area contributed by atoms with Gasteiger partial charge in [0.05, 0.1) is 12.7 Å². The van der Waals surface area contributed by atoms with E-state index in [-0.39, 0.29) is 0 Å².